The van der Waals surface area contributed by atoms with Crippen LogP contribution >= 0.6 is 12.6 Å². The summed E-state index contributed by atoms with van der Waals surface area (Å²) in [4.78, 5) is 11.9. The van der Waals surface area contributed by atoms with Crippen molar-refractivity contribution in [2.75, 3.05) is 0 Å². The Kier molecular flexibility index (Phi) is 7.27. The predicted octanol–water partition coefficient (Wildman–Crippen LogP) is 4.44. The zero-order valence-electron chi connectivity index (χ0n) is 18.8. The maximum Gasteiger partial charge on any atom is 0.434 e. The zero-order valence-corrected chi connectivity index (χ0v) is 19.7. The summed E-state index contributed by atoms with van der Waals surface area (Å²) in [6.07, 6.45) is 3.02. The first-order valence-corrected chi connectivity index (χ1v) is 11.1. The van der Waals surface area contributed by atoms with E-state index in [1.807, 2.05) is 32.9 Å². The third-order valence-corrected chi connectivity index (χ3v) is 6.53. The Bertz CT molecular complexity index is 1160. The first kappa shape index (κ1) is 24.2. The van der Waals surface area contributed by atoms with Crippen molar-refractivity contribution in [1.29, 1.82) is 0 Å². The normalized spacial score (nSPS) is 19.5. The van der Waals surface area contributed by atoms with E-state index in [1.165, 1.54) is 11.6 Å². The van der Waals surface area contributed by atoms with E-state index in [1.54, 1.807) is 13.0 Å². The molecule has 0 saturated heterocycles. The fourth-order valence-electron chi connectivity index (χ4n) is 4.18. The minimum absolute atomic E-state index is 0.0813. The van der Waals surface area contributed by atoms with Crippen LogP contribution in [-0.2, 0) is 12.0 Å². The smallest absolute Gasteiger partial charge is 0.391 e. The molecule has 1 aliphatic rings. The fraction of sp³-hybridized carbons (Fsp3) is 0.417. The van der Waals surface area contributed by atoms with Gasteiger partial charge < -0.3 is 15.3 Å². The molecular formula is C24H30FN3O3S. The van der Waals surface area contributed by atoms with Gasteiger partial charge in [0, 0.05) is 10.8 Å². The lowest BCUT2D eigenvalue weighted by Crippen LogP contribution is -2.26. The summed E-state index contributed by atoms with van der Waals surface area (Å²) in [7, 11) is 0. The van der Waals surface area contributed by atoms with Gasteiger partial charge in [-0.05, 0) is 86.1 Å². The zero-order chi connectivity index (χ0) is 23.6. The number of aromatic amines is 1. The topological polar surface area (TPSA) is 105 Å². The van der Waals surface area contributed by atoms with E-state index in [9.17, 15) is 14.3 Å². The van der Waals surface area contributed by atoms with Gasteiger partial charge >= 0.3 is 5.76 Å². The molecule has 1 heterocycles. The third kappa shape index (κ3) is 5.14. The molecular weight excluding hydrogens is 429 g/mol. The molecule has 1 aliphatic carbocycles. The number of thiol groups is 1. The van der Waals surface area contributed by atoms with Crippen molar-refractivity contribution in [3.05, 3.63) is 80.4 Å². The first-order chi connectivity index (χ1) is 15.0. The van der Waals surface area contributed by atoms with Crippen molar-refractivity contribution in [1.82, 2.24) is 10.2 Å². The van der Waals surface area contributed by atoms with Gasteiger partial charge in [-0.3, -0.25) is 0 Å². The molecule has 0 spiro atoms. The molecule has 3 unspecified atom stereocenters. The number of aromatic nitrogens is 2. The minimum Gasteiger partial charge on any atom is -0.391 e. The Labute approximate surface area is 192 Å². The van der Waals surface area contributed by atoms with E-state index in [4.69, 9.17) is 10.2 Å². The van der Waals surface area contributed by atoms with Gasteiger partial charge in [0.25, 0.3) is 0 Å². The Morgan fingerprint density at radius 3 is 2.69 bits per heavy atom. The second-order valence-electron chi connectivity index (χ2n) is 8.64. The Balaban J connectivity index is 0.000000193. The first-order valence-electron chi connectivity index (χ1n) is 10.6. The second-order valence-corrected chi connectivity index (χ2v) is 9.15. The Morgan fingerprint density at radius 2 is 2.03 bits per heavy atom. The molecule has 0 bridgehead atoms. The molecule has 3 aromatic rings. The van der Waals surface area contributed by atoms with Crippen molar-refractivity contribution in [2.24, 2.45) is 5.73 Å². The van der Waals surface area contributed by atoms with Gasteiger partial charge in [-0.2, -0.15) is 0 Å². The van der Waals surface area contributed by atoms with Crippen molar-refractivity contribution in [3.8, 4) is 0 Å². The van der Waals surface area contributed by atoms with Crippen LogP contribution in [0.1, 0.15) is 72.4 Å². The average Bonchev–Trinajstić information content (AvgIpc) is 3.17. The van der Waals surface area contributed by atoms with Gasteiger partial charge in [-0.1, -0.05) is 19.1 Å². The highest BCUT2D eigenvalue weighted by atomic mass is 32.1. The summed E-state index contributed by atoms with van der Waals surface area (Å²) in [5.74, 6) is -1.26. The molecule has 4 rings (SSSR count). The van der Waals surface area contributed by atoms with E-state index in [2.05, 4.69) is 28.9 Å². The van der Waals surface area contributed by atoms with Crippen molar-refractivity contribution in [2.45, 2.75) is 69.4 Å². The average molecular weight is 460 g/mol. The molecule has 32 heavy (non-hydrogen) atoms. The molecule has 4 N–H and O–H groups in total. The maximum absolute atomic E-state index is 14.0. The number of hydrogen-bond donors (Lipinski definition) is 4. The van der Waals surface area contributed by atoms with Crippen LogP contribution in [0.2, 0.25) is 0 Å². The molecule has 0 saturated carbocycles. The van der Waals surface area contributed by atoms with Crippen LogP contribution in [0.5, 0.6) is 0 Å². The number of aliphatic hydroxyl groups is 1. The summed E-state index contributed by atoms with van der Waals surface area (Å²) in [6.45, 7) is 7.42. The second kappa shape index (κ2) is 9.60. The number of nitrogens with two attached hydrogens (primary N) is 1. The van der Waals surface area contributed by atoms with Crippen LogP contribution in [0.4, 0.5) is 4.39 Å². The number of hydrogen-bond acceptors (Lipinski definition) is 6. The number of aryl methyl sites for hydroxylation is 2. The summed E-state index contributed by atoms with van der Waals surface area (Å²) in [5, 5.41) is 16.0. The highest BCUT2D eigenvalue weighted by molar-refractivity contribution is 7.80. The van der Waals surface area contributed by atoms with Gasteiger partial charge in [0.15, 0.2) is 0 Å². The van der Waals surface area contributed by atoms with Gasteiger partial charge in [0.1, 0.15) is 5.82 Å². The summed E-state index contributed by atoms with van der Waals surface area (Å²) in [5.41, 5.74) is 10.0. The molecule has 0 fully saturated rings. The van der Waals surface area contributed by atoms with E-state index in [0.717, 1.165) is 40.8 Å². The number of halogens is 1. The highest BCUT2D eigenvalue weighted by Crippen LogP contribution is 2.36. The Hall–Kier alpha value is -2.42. The third-order valence-electron chi connectivity index (χ3n) is 6.25. The number of nitrogens with zero attached hydrogens (tertiary/aromatic N) is 1. The van der Waals surface area contributed by atoms with Crippen LogP contribution in [0.25, 0.3) is 0 Å². The molecule has 172 valence electrons. The molecule has 6 nitrogen and oxygen atoms in total. The molecule has 0 radical (unpaired) electrons. The fourth-order valence-corrected chi connectivity index (χ4v) is 4.39. The lowest BCUT2D eigenvalue weighted by molar-refractivity contribution is 0.0385. The summed E-state index contributed by atoms with van der Waals surface area (Å²) < 4.78 is 18.8. The van der Waals surface area contributed by atoms with E-state index in [-0.39, 0.29) is 17.6 Å². The predicted molar refractivity (Wildman–Crippen MR) is 125 cm³/mol. The number of rotatable bonds is 3. The number of H-pyrrole nitrogens is 1. The van der Waals surface area contributed by atoms with Crippen LogP contribution in [-0.4, -0.2) is 15.3 Å². The van der Waals surface area contributed by atoms with Gasteiger partial charge in [0.05, 0.1) is 11.6 Å². The number of fused-ring (bicyclic) bond motifs is 1. The maximum atomic E-state index is 14.0. The largest absolute Gasteiger partial charge is 0.434 e. The molecule has 1 aromatic heterocycles. The van der Waals surface area contributed by atoms with E-state index >= 15 is 0 Å². The van der Waals surface area contributed by atoms with E-state index < -0.39 is 17.4 Å². The number of nitrogens with one attached hydrogen (secondary N) is 1. The quantitative estimate of drug-likeness (QED) is 0.434. The van der Waals surface area contributed by atoms with Crippen molar-refractivity contribution >= 4 is 12.6 Å². The standard InChI is InChI=1S/C13H16FN3O2.C11H14OS/c1-6-4-5-9(14)10(7(6)2)8(3)11(15)12-16-17-13(18)19-12;1-11(12)6-2-3-8-4-5-9(13)7-10(8)11/h4-5,8,11H,15H2,1-3H3,(H,17,18);4-5,7,12-13H,2-3,6H2,1H3. The molecule has 2 aromatic carbocycles. The van der Waals surface area contributed by atoms with Gasteiger partial charge in [0.2, 0.25) is 5.89 Å². The molecule has 3 atom stereocenters. The van der Waals surface area contributed by atoms with Gasteiger partial charge in [-0.25, -0.2) is 14.3 Å². The monoisotopic (exact) mass is 459 g/mol. The summed E-state index contributed by atoms with van der Waals surface area (Å²) in [6, 6.07) is 8.50. The van der Waals surface area contributed by atoms with Crippen LogP contribution in [0.15, 0.2) is 44.4 Å². The summed E-state index contributed by atoms with van der Waals surface area (Å²) >= 11 is 4.29. The van der Waals surface area contributed by atoms with Gasteiger partial charge in [-0.15, -0.1) is 17.7 Å². The molecule has 8 heteroatoms. The Morgan fingerprint density at radius 1 is 1.31 bits per heavy atom. The van der Waals surface area contributed by atoms with Crippen molar-refractivity contribution in [3.63, 3.8) is 0 Å². The SMILES string of the molecule is CC1(O)CCCc2ccc(S)cc21.Cc1ccc(F)c(C(C)C(N)c2n[nH]c(=O)o2)c1C. The minimum atomic E-state index is -0.686. The number of benzene rings is 2. The lowest BCUT2D eigenvalue weighted by Gasteiger charge is -2.31. The van der Waals surface area contributed by atoms with Crippen LogP contribution < -0.4 is 11.5 Å². The highest BCUT2D eigenvalue weighted by Gasteiger charge is 2.29. The van der Waals surface area contributed by atoms with E-state index in [0.29, 0.717) is 5.56 Å². The van der Waals surface area contributed by atoms with Crippen molar-refractivity contribution < 1.29 is 13.9 Å². The molecule has 0 amide bonds. The van der Waals surface area contributed by atoms with Crippen LogP contribution in [0.3, 0.4) is 0 Å². The molecule has 0 aliphatic heterocycles. The van der Waals surface area contributed by atoms with Crippen LogP contribution in [0, 0.1) is 19.7 Å². The lowest BCUT2D eigenvalue weighted by atomic mass is 9.80.